The van der Waals surface area contributed by atoms with E-state index in [1.54, 1.807) is 24.4 Å². The lowest BCUT2D eigenvalue weighted by Gasteiger charge is -2.11. The molecule has 2 aromatic heterocycles. The molecule has 154 valence electrons. The molecule has 5 rings (SSSR count). The highest BCUT2D eigenvalue weighted by molar-refractivity contribution is 5.74. The fourth-order valence-electron chi connectivity index (χ4n) is 3.38. The summed E-state index contributed by atoms with van der Waals surface area (Å²) in [4.78, 5) is 13.7. The minimum Gasteiger partial charge on any atom is -0.507 e. The van der Waals surface area contributed by atoms with Crippen LogP contribution in [0.1, 0.15) is 0 Å². The molecule has 0 saturated carbocycles. The van der Waals surface area contributed by atoms with Gasteiger partial charge in [0.15, 0.2) is 5.82 Å². The molecule has 0 bridgehead atoms. The van der Waals surface area contributed by atoms with Crippen molar-refractivity contribution >= 4 is 0 Å². The zero-order chi connectivity index (χ0) is 21.8. The topological polar surface area (TPSA) is 68.1 Å². The maximum absolute atomic E-state index is 10.4. The molecule has 0 unspecified atom stereocenters. The Morgan fingerprint density at radius 3 is 2.12 bits per heavy atom. The van der Waals surface area contributed by atoms with E-state index in [-0.39, 0.29) is 5.75 Å². The summed E-state index contributed by atoms with van der Waals surface area (Å²) >= 11 is 0. The molecule has 0 aliphatic heterocycles. The lowest BCUT2D eigenvalue weighted by molar-refractivity contribution is 0.463. The molecule has 0 aliphatic carbocycles. The van der Waals surface area contributed by atoms with Gasteiger partial charge >= 0.3 is 0 Å². The van der Waals surface area contributed by atoms with Gasteiger partial charge in [-0.3, -0.25) is 0 Å². The first kappa shape index (κ1) is 19.5. The Morgan fingerprint density at radius 2 is 1.34 bits per heavy atom. The second kappa shape index (κ2) is 8.70. The molecule has 0 saturated heterocycles. The number of para-hydroxylation sites is 1. The van der Waals surface area contributed by atoms with E-state index in [2.05, 4.69) is 4.98 Å². The van der Waals surface area contributed by atoms with Crippen LogP contribution in [0.15, 0.2) is 109 Å². The summed E-state index contributed by atoms with van der Waals surface area (Å²) in [5.41, 5.74) is 3.91. The highest BCUT2D eigenvalue weighted by Gasteiger charge is 2.13. The summed E-state index contributed by atoms with van der Waals surface area (Å²) in [6.07, 6.45) is 1.69. The quantitative estimate of drug-likeness (QED) is 0.360. The number of benzene rings is 3. The van der Waals surface area contributed by atoms with E-state index in [1.807, 2.05) is 84.9 Å². The number of aromatic nitrogens is 3. The molecule has 0 aliphatic rings. The monoisotopic (exact) mass is 417 g/mol. The molecule has 2 heterocycles. The van der Waals surface area contributed by atoms with Crippen molar-refractivity contribution in [2.24, 2.45) is 0 Å². The largest absolute Gasteiger partial charge is 0.507 e. The van der Waals surface area contributed by atoms with Crippen LogP contribution < -0.4 is 4.74 Å². The summed E-state index contributed by atoms with van der Waals surface area (Å²) in [5, 5.41) is 10.4. The Hall–Kier alpha value is -4.51. The van der Waals surface area contributed by atoms with Gasteiger partial charge in [0.05, 0.1) is 17.0 Å². The Bertz CT molecular complexity index is 1360. The van der Waals surface area contributed by atoms with Crippen molar-refractivity contribution in [3.05, 3.63) is 109 Å². The van der Waals surface area contributed by atoms with Gasteiger partial charge in [0.1, 0.15) is 11.5 Å². The van der Waals surface area contributed by atoms with Crippen molar-refractivity contribution < 1.29 is 9.84 Å². The first-order valence-electron chi connectivity index (χ1n) is 10.2. The number of phenols is 1. The van der Waals surface area contributed by atoms with Crippen molar-refractivity contribution in [1.82, 2.24) is 15.0 Å². The van der Waals surface area contributed by atoms with Crippen LogP contribution in [-0.2, 0) is 0 Å². The number of phenolic OH excluding ortho intramolecular Hbond substituents is 1. The Labute approximate surface area is 185 Å². The third-order valence-electron chi connectivity index (χ3n) is 4.93. The van der Waals surface area contributed by atoms with E-state index in [0.29, 0.717) is 23.0 Å². The van der Waals surface area contributed by atoms with Crippen molar-refractivity contribution in [3.8, 4) is 51.3 Å². The van der Waals surface area contributed by atoms with Crippen LogP contribution in [0.25, 0.3) is 33.9 Å². The maximum Gasteiger partial charge on any atom is 0.219 e. The van der Waals surface area contributed by atoms with Gasteiger partial charge in [-0.1, -0.05) is 60.7 Å². The summed E-state index contributed by atoms with van der Waals surface area (Å²) in [5.74, 6) is 1.77. The molecule has 5 nitrogen and oxygen atoms in total. The molecule has 0 spiro atoms. The standard InChI is InChI=1S/C27H19N3O2/c31-25-14-5-4-13-22(25)27-29-23(19-9-2-1-3-10-19)18-24(30-27)20-11-8-12-21(17-20)32-26-15-6-7-16-28-26/h1-18,31H. The number of ether oxygens (including phenoxy) is 1. The third kappa shape index (κ3) is 4.18. The highest BCUT2D eigenvalue weighted by Crippen LogP contribution is 2.32. The Kier molecular flexibility index (Phi) is 5.29. The smallest absolute Gasteiger partial charge is 0.219 e. The molecule has 3 aromatic carbocycles. The first-order chi connectivity index (χ1) is 15.8. The van der Waals surface area contributed by atoms with Crippen molar-refractivity contribution in [2.45, 2.75) is 0 Å². The van der Waals surface area contributed by atoms with Gasteiger partial charge < -0.3 is 9.84 Å². The van der Waals surface area contributed by atoms with Gasteiger partial charge in [0, 0.05) is 23.4 Å². The average molecular weight is 417 g/mol. The summed E-state index contributed by atoms with van der Waals surface area (Å²) in [6.45, 7) is 0. The molecule has 0 atom stereocenters. The second-order valence-electron chi connectivity index (χ2n) is 7.14. The van der Waals surface area contributed by atoms with E-state index < -0.39 is 0 Å². The van der Waals surface area contributed by atoms with E-state index >= 15 is 0 Å². The molecule has 0 fully saturated rings. The molecular weight excluding hydrogens is 398 g/mol. The average Bonchev–Trinajstić information content (AvgIpc) is 2.85. The minimum atomic E-state index is 0.135. The number of hydrogen-bond donors (Lipinski definition) is 1. The minimum absolute atomic E-state index is 0.135. The summed E-state index contributed by atoms with van der Waals surface area (Å²) < 4.78 is 5.89. The van der Waals surface area contributed by atoms with Gasteiger partial charge in [-0.05, 0) is 36.4 Å². The molecular formula is C27H19N3O2. The number of nitrogens with zero attached hydrogens (tertiary/aromatic N) is 3. The molecule has 32 heavy (non-hydrogen) atoms. The van der Waals surface area contributed by atoms with E-state index in [9.17, 15) is 5.11 Å². The predicted molar refractivity (Wildman–Crippen MR) is 124 cm³/mol. The number of pyridine rings is 1. The van der Waals surface area contributed by atoms with E-state index in [1.165, 1.54) is 0 Å². The summed E-state index contributed by atoms with van der Waals surface area (Å²) in [7, 11) is 0. The lowest BCUT2D eigenvalue weighted by Crippen LogP contribution is -1.96. The Balaban J connectivity index is 1.61. The van der Waals surface area contributed by atoms with Crippen molar-refractivity contribution in [1.29, 1.82) is 0 Å². The highest BCUT2D eigenvalue weighted by atomic mass is 16.5. The molecule has 1 N–H and O–H groups in total. The van der Waals surface area contributed by atoms with Crippen LogP contribution in [0.4, 0.5) is 0 Å². The predicted octanol–water partition coefficient (Wildman–Crippen LogP) is 6.37. The normalized spacial score (nSPS) is 10.6. The second-order valence-corrected chi connectivity index (χ2v) is 7.14. The van der Waals surface area contributed by atoms with Gasteiger partial charge in [0.25, 0.3) is 0 Å². The zero-order valence-electron chi connectivity index (χ0n) is 17.1. The van der Waals surface area contributed by atoms with Gasteiger partial charge in [0.2, 0.25) is 5.88 Å². The number of aromatic hydroxyl groups is 1. The molecule has 5 aromatic rings. The summed E-state index contributed by atoms with van der Waals surface area (Å²) in [6, 6.07) is 32.1. The third-order valence-corrected chi connectivity index (χ3v) is 4.93. The zero-order valence-corrected chi connectivity index (χ0v) is 17.1. The number of hydrogen-bond acceptors (Lipinski definition) is 5. The van der Waals surface area contributed by atoms with Crippen LogP contribution in [-0.4, -0.2) is 20.1 Å². The molecule has 5 heteroatoms. The van der Waals surface area contributed by atoms with Crippen molar-refractivity contribution in [2.75, 3.05) is 0 Å². The molecule has 0 radical (unpaired) electrons. The van der Waals surface area contributed by atoms with Crippen LogP contribution in [0, 0.1) is 0 Å². The molecule has 0 amide bonds. The van der Waals surface area contributed by atoms with Gasteiger partial charge in [-0.25, -0.2) is 15.0 Å². The van der Waals surface area contributed by atoms with Crippen molar-refractivity contribution in [3.63, 3.8) is 0 Å². The maximum atomic E-state index is 10.4. The Morgan fingerprint density at radius 1 is 0.625 bits per heavy atom. The van der Waals surface area contributed by atoms with Crippen LogP contribution in [0.2, 0.25) is 0 Å². The van der Waals surface area contributed by atoms with Crippen LogP contribution >= 0.6 is 0 Å². The first-order valence-corrected chi connectivity index (χ1v) is 10.2. The fraction of sp³-hybridized carbons (Fsp3) is 0. The fourth-order valence-corrected chi connectivity index (χ4v) is 3.38. The van der Waals surface area contributed by atoms with Crippen LogP contribution in [0.5, 0.6) is 17.4 Å². The van der Waals surface area contributed by atoms with Gasteiger partial charge in [-0.15, -0.1) is 0 Å². The van der Waals surface area contributed by atoms with E-state index in [4.69, 9.17) is 14.7 Å². The lowest BCUT2D eigenvalue weighted by atomic mass is 10.1. The van der Waals surface area contributed by atoms with E-state index in [0.717, 1.165) is 22.5 Å². The SMILES string of the molecule is Oc1ccccc1-c1nc(-c2ccccc2)cc(-c2cccc(Oc3ccccn3)c2)n1. The number of rotatable bonds is 5. The van der Waals surface area contributed by atoms with Gasteiger partial charge in [-0.2, -0.15) is 0 Å². The van der Waals surface area contributed by atoms with Crippen LogP contribution in [0.3, 0.4) is 0 Å².